The number of carbonyl (C=O) groups is 2. The minimum atomic E-state index is -0.560. The molecule has 1 aromatic heterocycles. The second-order valence-corrected chi connectivity index (χ2v) is 5.41. The molecule has 4 N–H and O–H groups in total. The molecule has 1 heterocycles. The number of primary amides is 1. The quantitative estimate of drug-likeness (QED) is 0.689. The summed E-state index contributed by atoms with van der Waals surface area (Å²) in [7, 11) is 1.68. The first-order valence-corrected chi connectivity index (χ1v) is 6.12. The fourth-order valence-corrected chi connectivity index (χ4v) is 1.73. The fourth-order valence-electron chi connectivity index (χ4n) is 1.73. The van der Waals surface area contributed by atoms with Crippen LogP contribution in [-0.4, -0.2) is 34.6 Å². The van der Waals surface area contributed by atoms with E-state index in [0.29, 0.717) is 24.2 Å². The van der Waals surface area contributed by atoms with Crippen molar-refractivity contribution in [2.75, 3.05) is 13.2 Å². The van der Waals surface area contributed by atoms with Crippen molar-refractivity contribution in [2.45, 2.75) is 20.3 Å². The van der Waals surface area contributed by atoms with Crippen molar-refractivity contribution in [1.82, 2.24) is 9.88 Å². The van der Waals surface area contributed by atoms with E-state index in [1.54, 1.807) is 11.6 Å². The number of aryl methyl sites for hydroxylation is 1. The molecule has 0 aromatic carbocycles. The lowest BCUT2D eigenvalue weighted by Crippen LogP contribution is -2.35. The highest BCUT2D eigenvalue weighted by molar-refractivity contribution is 5.98. The van der Waals surface area contributed by atoms with Gasteiger partial charge in [-0.1, -0.05) is 13.8 Å². The van der Waals surface area contributed by atoms with E-state index in [1.165, 1.54) is 12.3 Å². The number of aromatic nitrogens is 1. The molecular weight excluding hydrogens is 246 g/mol. The van der Waals surface area contributed by atoms with Crippen molar-refractivity contribution in [3.05, 3.63) is 23.5 Å². The Hall–Kier alpha value is -1.82. The van der Waals surface area contributed by atoms with Gasteiger partial charge in [-0.25, -0.2) is 0 Å². The van der Waals surface area contributed by atoms with Crippen LogP contribution in [0.2, 0.25) is 0 Å². The number of nitrogens with one attached hydrogen (secondary N) is 1. The van der Waals surface area contributed by atoms with Gasteiger partial charge in [0.2, 0.25) is 5.91 Å². The van der Waals surface area contributed by atoms with E-state index >= 15 is 0 Å². The van der Waals surface area contributed by atoms with E-state index in [0.717, 1.165) is 0 Å². The number of aliphatic hydroxyl groups excluding tert-OH is 1. The van der Waals surface area contributed by atoms with E-state index in [1.807, 2.05) is 13.8 Å². The Kier molecular flexibility index (Phi) is 4.72. The van der Waals surface area contributed by atoms with Crippen LogP contribution in [0.5, 0.6) is 0 Å². The van der Waals surface area contributed by atoms with Gasteiger partial charge in [-0.3, -0.25) is 9.59 Å². The van der Waals surface area contributed by atoms with Gasteiger partial charge in [0.15, 0.2) is 0 Å². The van der Waals surface area contributed by atoms with Crippen molar-refractivity contribution < 1.29 is 14.7 Å². The summed E-state index contributed by atoms with van der Waals surface area (Å²) in [4.78, 5) is 23.0. The van der Waals surface area contributed by atoms with Crippen molar-refractivity contribution in [3.8, 4) is 0 Å². The monoisotopic (exact) mass is 267 g/mol. The van der Waals surface area contributed by atoms with E-state index < -0.39 is 5.91 Å². The number of nitrogens with zero attached hydrogens (tertiary/aromatic N) is 1. The molecule has 0 spiro atoms. The summed E-state index contributed by atoms with van der Waals surface area (Å²) in [5, 5.41) is 11.7. The van der Waals surface area contributed by atoms with Crippen LogP contribution in [0.25, 0.3) is 0 Å². The van der Waals surface area contributed by atoms with E-state index in [2.05, 4.69) is 5.32 Å². The molecule has 0 aliphatic rings. The average Bonchev–Trinajstić information content (AvgIpc) is 2.68. The van der Waals surface area contributed by atoms with Gasteiger partial charge in [0.25, 0.3) is 5.91 Å². The van der Waals surface area contributed by atoms with Crippen LogP contribution in [0, 0.1) is 5.41 Å². The van der Waals surface area contributed by atoms with Gasteiger partial charge >= 0.3 is 0 Å². The van der Waals surface area contributed by atoms with Crippen molar-refractivity contribution in [3.63, 3.8) is 0 Å². The SMILES string of the molecule is Cn1cc(C(N)=O)cc1C(=O)NCC(C)(C)CCO. The first kappa shape index (κ1) is 15.2. The van der Waals surface area contributed by atoms with Gasteiger partial charge in [-0.2, -0.15) is 0 Å². The summed E-state index contributed by atoms with van der Waals surface area (Å²) >= 11 is 0. The lowest BCUT2D eigenvalue weighted by atomic mass is 9.90. The molecule has 106 valence electrons. The molecule has 6 heteroatoms. The highest BCUT2D eigenvalue weighted by atomic mass is 16.3. The molecule has 0 aliphatic heterocycles. The van der Waals surface area contributed by atoms with Gasteiger partial charge in [0.05, 0.1) is 5.56 Å². The number of hydrogen-bond acceptors (Lipinski definition) is 3. The van der Waals surface area contributed by atoms with Crippen LogP contribution in [-0.2, 0) is 7.05 Å². The van der Waals surface area contributed by atoms with Gasteiger partial charge in [0, 0.05) is 26.4 Å². The minimum absolute atomic E-state index is 0.0822. The number of amides is 2. The summed E-state index contributed by atoms with van der Waals surface area (Å²) in [6, 6.07) is 1.47. The van der Waals surface area contributed by atoms with Crippen molar-refractivity contribution >= 4 is 11.8 Å². The standard InChI is InChI=1S/C13H21N3O3/c1-13(2,4-5-17)8-15-12(19)10-6-9(11(14)18)7-16(10)3/h6-7,17H,4-5,8H2,1-3H3,(H2,14,18)(H,15,19). The van der Waals surface area contributed by atoms with Crippen LogP contribution in [0.4, 0.5) is 0 Å². The van der Waals surface area contributed by atoms with Gasteiger partial charge in [0.1, 0.15) is 5.69 Å². The highest BCUT2D eigenvalue weighted by Gasteiger charge is 2.20. The zero-order chi connectivity index (χ0) is 14.6. The normalized spacial score (nSPS) is 11.4. The molecule has 0 radical (unpaired) electrons. The number of aliphatic hydroxyl groups is 1. The second-order valence-electron chi connectivity index (χ2n) is 5.41. The average molecular weight is 267 g/mol. The number of carbonyl (C=O) groups excluding carboxylic acids is 2. The second kappa shape index (κ2) is 5.88. The summed E-state index contributed by atoms with van der Waals surface area (Å²) in [5.74, 6) is -0.823. The lowest BCUT2D eigenvalue weighted by Gasteiger charge is -2.23. The zero-order valence-corrected chi connectivity index (χ0v) is 11.6. The Balaban J connectivity index is 2.71. The van der Waals surface area contributed by atoms with Gasteiger partial charge < -0.3 is 20.7 Å². The Morgan fingerprint density at radius 2 is 2.11 bits per heavy atom. The molecule has 19 heavy (non-hydrogen) atoms. The molecule has 0 saturated carbocycles. The maximum absolute atomic E-state index is 12.0. The molecule has 0 aliphatic carbocycles. The predicted octanol–water partition coefficient (Wildman–Crippen LogP) is 0.262. The maximum Gasteiger partial charge on any atom is 0.267 e. The Morgan fingerprint density at radius 1 is 1.47 bits per heavy atom. The van der Waals surface area contributed by atoms with Crippen molar-refractivity contribution in [2.24, 2.45) is 18.2 Å². The molecule has 0 unspecified atom stereocenters. The molecule has 0 saturated heterocycles. The molecule has 0 atom stereocenters. The third kappa shape index (κ3) is 4.10. The minimum Gasteiger partial charge on any atom is -0.396 e. The molecule has 2 amide bonds. The van der Waals surface area contributed by atoms with E-state index in [-0.39, 0.29) is 17.9 Å². The summed E-state index contributed by atoms with van der Waals surface area (Å²) in [6.07, 6.45) is 2.13. The highest BCUT2D eigenvalue weighted by Crippen LogP contribution is 2.18. The largest absolute Gasteiger partial charge is 0.396 e. The summed E-state index contributed by atoms with van der Waals surface area (Å²) in [6.45, 7) is 4.45. The van der Waals surface area contributed by atoms with Crippen LogP contribution >= 0.6 is 0 Å². The summed E-state index contributed by atoms with van der Waals surface area (Å²) < 4.78 is 1.56. The van der Waals surface area contributed by atoms with Gasteiger partial charge in [-0.15, -0.1) is 0 Å². The van der Waals surface area contributed by atoms with Crippen molar-refractivity contribution in [1.29, 1.82) is 0 Å². The molecule has 1 aromatic rings. The van der Waals surface area contributed by atoms with Crippen LogP contribution in [0.1, 0.15) is 41.1 Å². The van der Waals surface area contributed by atoms with E-state index in [4.69, 9.17) is 10.8 Å². The molecule has 0 bridgehead atoms. The Labute approximate surface area is 112 Å². The smallest absolute Gasteiger partial charge is 0.267 e. The number of rotatable bonds is 6. The van der Waals surface area contributed by atoms with Crippen LogP contribution < -0.4 is 11.1 Å². The lowest BCUT2D eigenvalue weighted by molar-refractivity contribution is 0.0920. The predicted molar refractivity (Wildman–Crippen MR) is 71.7 cm³/mol. The number of nitrogens with two attached hydrogens (primary N) is 1. The Bertz CT molecular complexity index is 477. The molecule has 1 rings (SSSR count). The first-order chi connectivity index (χ1) is 8.76. The van der Waals surface area contributed by atoms with E-state index in [9.17, 15) is 9.59 Å². The zero-order valence-electron chi connectivity index (χ0n) is 11.6. The molecular formula is C13H21N3O3. The fraction of sp³-hybridized carbons (Fsp3) is 0.538. The topological polar surface area (TPSA) is 97.4 Å². The van der Waals surface area contributed by atoms with Crippen LogP contribution in [0.15, 0.2) is 12.3 Å². The molecule has 0 fully saturated rings. The van der Waals surface area contributed by atoms with Crippen LogP contribution in [0.3, 0.4) is 0 Å². The first-order valence-electron chi connectivity index (χ1n) is 6.12. The van der Waals surface area contributed by atoms with Gasteiger partial charge in [-0.05, 0) is 17.9 Å². The molecule has 6 nitrogen and oxygen atoms in total. The third-order valence-corrected chi connectivity index (χ3v) is 3.04. The maximum atomic E-state index is 12.0. The summed E-state index contributed by atoms with van der Waals surface area (Å²) in [5.41, 5.74) is 5.68. The Morgan fingerprint density at radius 3 is 2.58 bits per heavy atom. The third-order valence-electron chi connectivity index (χ3n) is 3.04. The number of hydrogen-bond donors (Lipinski definition) is 3.